The van der Waals surface area contributed by atoms with Gasteiger partial charge in [0.05, 0.1) is 65.8 Å². The maximum absolute atomic E-state index is 13.6. The van der Waals surface area contributed by atoms with Crippen molar-refractivity contribution in [1.82, 2.24) is 49.4 Å². The number of aromatic nitrogens is 5. The van der Waals surface area contributed by atoms with Crippen LogP contribution in [0.25, 0.3) is 0 Å². The molecule has 5 aliphatic heterocycles. The fraction of sp³-hybridized carbons (Fsp3) is 0.388. The molecule has 5 atom stereocenters. The first-order chi connectivity index (χ1) is 63.2. The van der Waals surface area contributed by atoms with Gasteiger partial charge in [-0.05, 0) is 150 Å². The molecule has 130 heavy (non-hydrogen) atoms. The first-order valence-electron chi connectivity index (χ1n) is 43.6. The van der Waals surface area contributed by atoms with Gasteiger partial charge in [-0.2, -0.15) is 0 Å². The summed E-state index contributed by atoms with van der Waals surface area (Å²) in [5.74, 6) is 4.76. The minimum Gasteiger partial charge on any atom is -0.484 e. The van der Waals surface area contributed by atoms with Gasteiger partial charge in [0.1, 0.15) is 64.3 Å². The van der Waals surface area contributed by atoms with E-state index in [0.717, 1.165) is 89.5 Å². The van der Waals surface area contributed by atoms with Crippen molar-refractivity contribution in [3.05, 3.63) is 268 Å². The van der Waals surface area contributed by atoms with E-state index in [2.05, 4.69) is 52.6 Å². The Hall–Kier alpha value is -12.8. The average molecular weight is 1810 g/mol. The van der Waals surface area contributed by atoms with E-state index in [9.17, 15) is 28.4 Å². The zero-order valence-electron chi connectivity index (χ0n) is 73.6. The highest BCUT2D eigenvalue weighted by molar-refractivity contribution is 6.31. The molecule has 30 nitrogen and oxygen atoms in total. The van der Waals surface area contributed by atoms with Crippen LogP contribution in [0.5, 0.6) is 58.1 Å². The first-order valence-corrected chi connectivity index (χ1v) is 44.0. The lowest BCUT2D eigenvalue weighted by Gasteiger charge is -2.19. The smallest absolute Gasteiger partial charge is 0.260 e. The molecule has 5 aromatic carbocycles. The number of aliphatic hydroxyl groups is 5. The number of aryl methyl sites for hydroxylation is 2. The molecular formula is C98H114ClFN10O20. The van der Waals surface area contributed by atoms with Crippen molar-refractivity contribution in [3.63, 3.8) is 0 Å². The normalized spacial score (nSPS) is 16.6. The van der Waals surface area contributed by atoms with Crippen molar-refractivity contribution in [2.45, 2.75) is 149 Å². The van der Waals surface area contributed by atoms with E-state index < -0.39 is 5.82 Å². The molecule has 0 radical (unpaired) electrons. The molecule has 5 amide bonds. The van der Waals surface area contributed by atoms with Gasteiger partial charge in [0.15, 0.2) is 38.9 Å². The highest BCUT2D eigenvalue weighted by Gasteiger charge is 2.34. The largest absolute Gasteiger partial charge is 0.484 e. The molecule has 5 fully saturated rings. The SMILES string of the molecule is CC(C)c1cccnc1OC1CCN(C(=O)COc2ccc(CO)cc2)C1.CCCc1cccnc1OC1CCN(C(=O)COc2ccc(CO)cc2)C1.CCc1cccnc1OC1CCN(C(=O)COc2ccc(CO)cc2)C1.O=C(COc1ccc(CO)cc1)N1CCC(Oc2ncccc2Cl)C1.O=C(COc1ccc(CO)cc1)N1CCC(Oc2ncccc2F)C1. The van der Waals surface area contributed by atoms with E-state index in [1.54, 1.807) is 183 Å². The molecule has 0 aliphatic carbocycles. The quantitative estimate of drug-likeness (QED) is 0.0250. The van der Waals surface area contributed by atoms with Gasteiger partial charge in [-0.3, -0.25) is 24.0 Å². The molecule has 690 valence electrons. The molecule has 15 rings (SSSR count). The Morgan fingerprint density at radius 2 is 0.615 bits per heavy atom. The lowest BCUT2D eigenvalue weighted by molar-refractivity contribution is -0.133. The maximum atomic E-state index is 13.6. The van der Waals surface area contributed by atoms with Crippen molar-refractivity contribution in [3.8, 4) is 58.1 Å². The minimum atomic E-state index is -0.512. The van der Waals surface area contributed by atoms with Crippen molar-refractivity contribution < 1.29 is 101 Å². The number of carbonyl (C=O) groups excluding carboxylic acids is 5. The van der Waals surface area contributed by atoms with Crippen LogP contribution in [0.15, 0.2) is 213 Å². The molecular weight excluding hydrogens is 1690 g/mol. The van der Waals surface area contributed by atoms with Crippen LogP contribution in [-0.2, 0) is 69.8 Å². The highest BCUT2D eigenvalue weighted by atomic mass is 35.5. The molecule has 5 N–H and O–H groups in total. The van der Waals surface area contributed by atoms with Crippen LogP contribution in [0.1, 0.15) is 117 Å². The zero-order valence-corrected chi connectivity index (χ0v) is 74.3. The second-order valence-electron chi connectivity index (χ2n) is 31.5. The number of pyridine rings is 5. The Labute approximate surface area is 761 Å². The zero-order chi connectivity index (χ0) is 91.9. The fourth-order valence-electron chi connectivity index (χ4n) is 14.3. The molecule has 0 saturated carbocycles. The second kappa shape index (κ2) is 51.4. The number of hydrogen-bond donors (Lipinski definition) is 5. The molecule has 10 aromatic rings. The Kier molecular flexibility index (Phi) is 38.7. The lowest BCUT2D eigenvalue weighted by atomic mass is 10.1. The van der Waals surface area contributed by atoms with Crippen LogP contribution < -0.4 is 47.4 Å². The predicted molar refractivity (Wildman–Crippen MR) is 481 cm³/mol. The fourth-order valence-corrected chi connectivity index (χ4v) is 14.5. The van der Waals surface area contributed by atoms with Crippen LogP contribution in [-0.4, -0.2) is 233 Å². The standard InChI is InChI=1S/2C21H26N2O4.C20H24N2O4.C18H19ClN2O4.C18H19FN2O4/c1-15(2)19-4-3-10-22-21(19)27-18-9-11-23(12-18)20(25)14-26-17-7-5-16(13-24)6-8-17;1-2-4-17-5-3-11-22-21(17)27-19-10-12-23(13-19)20(25)15-26-18-8-6-16(14-24)7-9-18;1-2-16-4-3-10-21-20(16)26-18-9-11-22(12-18)19(24)14-25-17-7-5-15(13-23)6-8-17;2*19-16-2-1-8-20-18(16)25-15-7-9-21(10-15)17(23)12-24-14-5-3-13(11-22)4-6-14/h3-8,10,15,18,24H,9,11-14H2,1-2H3;3,5-9,11,19,24H,2,4,10,12-15H2,1H3;3-8,10,18,23H,2,9,11-14H2,1H3;2*1-6,8,15,22H,7,9-12H2. The summed E-state index contributed by atoms with van der Waals surface area (Å²) >= 11 is 6.04. The van der Waals surface area contributed by atoms with Crippen LogP contribution in [0, 0.1) is 5.82 Å². The summed E-state index contributed by atoms with van der Waals surface area (Å²) < 4.78 is 70.6. The van der Waals surface area contributed by atoms with E-state index in [0.29, 0.717) is 135 Å². The molecule has 0 bridgehead atoms. The van der Waals surface area contributed by atoms with Gasteiger partial charge >= 0.3 is 0 Å². The summed E-state index contributed by atoms with van der Waals surface area (Å²) in [6, 6.07) is 53.1. The first kappa shape index (κ1) is 97.8. The van der Waals surface area contributed by atoms with Crippen LogP contribution in [0.4, 0.5) is 4.39 Å². The van der Waals surface area contributed by atoms with Gasteiger partial charge in [-0.25, -0.2) is 29.3 Å². The maximum Gasteiger partial charge on any atom is 0.260 e. The van der Waals surface area contributed by atoms with Gasteiger partial charge in [0.25, 0.3) is 35.4 Å². The molecule has 0 spiro atoms. The number of hydrogen-bond acceptors (Lipinski definition) is 25. The number of ether oxygens (including phenoxy) is 10. The van der Waals surface area contributed by atoms with Crippen LogP contribution in [0.3, 0.4) is 0 Å². The van der Waals surface area contributed by atoms with Gasteiger partial charge in [0.2, 0.25) is 23.5 Å². The van der Waals surface area contributed by atoms with Crippen LogP contribution in [0.2, 0.25) is 5.02 Å². The van der Waals surface area contributed by atoms with Crippen molar-refractivity contribution in [2.75, 3.05) is 98.5 Å². The molecule has 5 saturated heterocycles. The van der Waals surface area contributed by atoms with E-state index in [1.807, 2.05) is 36.4 Å². The third-order valence-corrected chi connectivity index (χ3v) is 22.0. The molecule has 10 heterocycles. The topological polar surface area (TPSA) is 359 Å². The molecule has 32 heteroatoms. The van der Waals surface area contributed by atoms with Crippen molar-refractivity contribution in [2.24, 2.45) is 0 Å². The summed E-state index contributed by atoms with van der Waals surface area (Å²) in [6.07, 6.45) is 14.3. The lowest BCUT2D eigenvalue weighted by Crippen LogP contribution is -2.34. The number of amides is 5. The average Bonchev–Trinajstić information content (AvgIpc) is 1.83. The van der Waals surface area contributed by atoms with Gasteiger partial charge in [-0.15, -0.1) is 0 Å². The van der Waals surface area contributed by atoms with Crippen molar-refractivity contribution in [1.29, 1.82) is 0 Å². The number of carbonyl (C=O) groups is 5. The van der Waals surface area contributed by atoms with Gasteiger partial charge in [0, 0.05) is 113 Å². The number of aliphatic hydroxyl groups excluding tert-OH is 5. The molecule has 5 aromatic heterocycles. The Balaban J connectivity index is 0.000000157. The summed E-state index contributed by atoms with van der Waals surface area (Å²) in [4.78, 5) is 91.3. The molecule has 5 aliphatic rings. The monoisotopic (exact) mass is 1800 g/mol. The number of nitrogens with zero attached hydrogens (tertiary/aromatic N) is 10. The summed E-state index contributed by atoms with van der Waals surface area (Å²) in [5.41, 5.74) is 7.27. The van der Waals surface area contributed by atoms with Crippen molar-refractivity contribution >= 4 is 41.1 Å². The summed E-state index contributed by atoms with van der Waals surface area (Å²) in [5, 5.41) is 45.6. The highest BCUT2D eigenvalue weighted by Crippen LogP contribution is 2.31. The number of benzene rings is 5. The predicted octanol–water partition coefficient (Wildman–Crippen LogP) is 11.6. The van der Waals surface area contributed by atoms with E-state index in [4.69, 9.17) is 84.5 Å². The Morgan fingerprint density at radius 1 is 0.354 bits per heavy atom. The second-order valence-corrected chi connectivity index (χ2v) is 31.9. The Bertz CT molecular complexity index is 5050. The number of likely N-dealkylation sites (tertiary alicyclic amines) is 5. The van der Waals surface area contributed by atoms with Gasteiger partial charge < -0.3 is 97.4 Å². The minimum absolute atomic E-state index is 0.00410. The third kappa shape index (κ3) is 30.7. The van der Waals surface area contributed by atoms with E-state index in [1.165, 1.54) is 18.3 Å². The third-order valence-electron chi connectivity index (χ3n) is 21.7. The van der Waals surface area contributed by atoms with E-state index in [-0.39, 0.29) is 132 Å². The van der Waals surface area contributed by atoms with Crippen LogP contribution >= 0.6 is 11.6 Å². The summed E-state index contributed by atoms with van der Waals surface area (Å²) in [7, 11) is 0. The number of halogens is 2. The number of rotatable bonds is 34. The Morgan fingerprint density at radius 3 is 0.915 bits per heavy atom. The van der Waals surface area contributed by atoms with Gasteiger partial charge in [-0.1, -0.05) is 125 Å². The molecule has 5 unspecified atom stereocenters. The summed E-state index contributed by atoms with van der Waals surface area (Å²) in [6.45, 7) is 13.8. The van der Waals surface area contributed by atoms with E-state index >= 15 is 0 Å².